The number of allylic oxidation sites excluding steroid dienone is 2. The molecule has 0 aliphatic rings. The Kier molecular flexibility index (Phi) is 5.61. The van der Waals surface area contributed by atoms with Crippen LogP contribution in [0.15, 0.2) is 72.8 Å². The van der Waals surface area contributed by atoms with Gasteiger partial charge in [0.2, 0.25) is 0 Å². The van der Waals surface area contributed by atoms with Crippen LogP contribution in [0.25, 0.3) is 0 Å². The van der Waals surface area contributed by atoms with Crippen LogP contribution in [0.5, 0.6) is 0 Å². The molecule has 0 unspecified atom stereocenters. The van der Waals surface area contributed by atoms with Gasteiger partial charge in [-0.05, 0) is 29.9 Å². The predicted octanol–water partition coefficient (Wildman–Crippen LogP) is 5.81. The molecule has 0 nitrogen and oxygen atoms in total. The smallest absolute Gasteiger partial charge is 0.00922 e. The topological polar surface area (TPSA) is 0 Å². The van der Waals surface area contributed by atoms with Crippen molar-refractivity contribution in [3.05, 3.63) is 83.9 Å². The highest BCUT2D eigenvalue weighted by Crippen LogP contribution is 2.29. The van der Waals surface area contributed by atoms with Crippen LogP contribution in [0.4, 0.5) is 0 Å². The molecule has 0 bridgehead atoms. The van der Waals surface area contributed by atoms with E-state index in [-0.39, 0.29) is 0 Å². The SMILES string of the molecule is CC(C)/C=C/CCC(c1ccccc1)c1ccccc1. The van der Waals surface area contributed by atoms with E-state index in [0.717, 1.165) is 12.8 Å². The average Bonchev–Trinajstić information content (AvgIpc) is 2.49. The van der Waals surface area contributed by atoms with E-state index >= 15 is 0 Å². The molecule has 0 heteroatoms. The molecule has 0 spiro atoms. The second kappa shape index (κ2) is 7.69. The molecule has 2 rings (SSSR count). The van der Waals surface area contributed by atoms with E-state index in [0.29, 0.717) is 11.8 Å². The van der Waals surface area contributed by atoms with Gasteiger partial charge in [-0.1, -0.05) is 86.7 Å². The van der Waals surface area contributed by atoms with E-state index in [1.54, 1.807) is 0 Å². The van der Waals surface area contributed by atoms with Crippen molar-refractivity contribution >= 4 is 0 Å². The summed E-state index contributed by atoms with van der Waals surface area (Å²) in [7, 11) is 0. The predicted molar refractivity (Wildman–Crippen MR) is 87.9 cm³/mol. The fourth-order valence-electron chi connectivity index (χ4n) is 2.53. The summed E-state index contributed by atoms with van der Waals surface area (Å²) in [5.41, 5.74) is 2.83. The Morgan fingerprint density at radius 1 is 0.800 bits per heavy atom. The van der Waals surface area contributed by atoms with E-state index in [1.807, 2.05) is 0 Å². The lowest BCUT2D eigenvalue weighted by Crippen LogP contribution is -2.00. The molecular weight excluding hydrogens is 240 g/mol. The molecule has 0 N–H and O–H groups in total. The standard InChI is InChI=1S/C20H24/c1-17(2)11-9-10-16-20(18-12-5-3-6-13-18)19-14-7-4-8-15-19/h3-9,11-15,17,20H,10,16H2,1-2H3/b11-9+. The van der Waals surface area contributed by atoms with Gasteiger partial charge in [-0.2, -0.15) is 0 Å². The first-order chi connectivity index (χ1) is 9.77. The summed E-state index contributed by atoms with van der Waals surface area (Å²) in [6.07, 6.45) is 6.92. The molecule has 104 valence electrons. The van der Waals surface area contributed by atoms with Crippen LogP contribution in [-0.4, -0.2) is 0 Å². The minimum Gasteiger partial charge on any atom is -0.0882 e. The average molecular weight is 264 g/mol. The minimum atomic E-state index is 0.495. The summed E-state index contributed by atoms with van der Waals surface area (Å²) in [4.78, 5) is 0. The third kappa shape index (κ3) is 4.38. The van der Waals surface area contributed by atoms with Crippen LogP contribution >= 0.6 is 0 Å². The first-order valence-electron chi connectivity index (χ1n) is 7.54. The Bertz CT molecular complexity index is 469. The summed E-state index contributed by atoms with van der Waals surface area (Å²) < 4.78 is 0. The Labute approximate surface area is 123 Å². The van der Waals surface area contributed by atoms with Crippen molar-refractivity contribution in [3.8, 4) is 0 Å². The zero-order chi connectivity index (χ0) is 14.2. The fraction of sp³-hybridized carbons (Fsp3) is 0.300. The Morgan fingerprint density at radius 2 is 1.30 bits per heavy atom. The van der Waals surface area contributed by atoms with Gasteiger partial charge < -0.3 is 0 Å². The number of hydrogen-bond donors (Lipinski definition) is 0. The van der Waals surface area contributed by atoms with E-state index in [2.05, 4.69) is 86.7 Å². The van der Waals surface area contributed by atoms with Crippen molar-refractivity contribution in [2.75, 3.05) is 0 Å². The number of benzene rings is 2. The minimum absolute atomic E-state index is 0.495. The highest BCUT2D eigenvalue weighted by atomic mass is 14.2. The normalized spacial score (nSPS) is 11.6. The van der Waals surface area contributed by atoms with Crippen molar-refractivity contribution in [1.29, 1.82) is 0 Å². The molecule has 0 radical (unpaired) electrons. The van der Waals surface area contributed by atoms with E-state index in [4.69, 9.17) is 0 Å². The highest BCUT2D eigenvalue weighted by molar-refractivity contribution is 5.32. The van der Waals surface area contributed by atoms with Gasteiger partial charge in [0, 0.05) is 5.92 Å². The molecular formula is C20H24. The van der Waals surface area contributed by atoms with Gasteiger partial charge in [-0.15, -0.1) is 0 Å². The van der Waals surface area contributed by atoms with Crippen molar-refractivity contribution in [1.82, 2.24) is 0 Å². The van der Waals surface area contributed by atoms with Crippen LogP contribution in [0.1, 0.15) is 43.7 Å². The summed E-state index contributed by atoms with van der Waals surface area (Å²) in [5, 5.41) is 0. The number of rotatable bonds is 6. The molecule has 0 aliphatic heterocycles. The second-order valence-corrected chi connectivity index (χ2v) is 5.62. The van der Waals surface area contributed by atoms with Crippen LogP contribution in [0.3, 0.4) is 0 Å². The van der Waals surface area contributed by atoms with Gasteiger partial charge in [0.05, 0.1) is 0 Å². The van der Waals surface area contributed by atoms with Gasteiger partial charge in [-0.25, -0.2) is 0 Å². The zero-order valence-corrected chi connectivity index (χ0v) is 12.5. The third-order valence-corrected chi connectivity index (χ3v) is 3.55. The van der Waals surface area contributed by atoms with Gasteiger partial charge in [0.25, 0.3) is 0 Å². The maximum absolute atomic E-state index is 2.32. The van der Waals surface area contributed by atoms with E-state index < -0.39 is 0 Å². The molecule has 0 saturated heterocycles. The monoisotopic (exact) mass is 264 g/mol. The molecule has 0 fully saturated rings. The first kappa shape index (κ1) is 14.6. The maximum atomic E-state index is 2.32. The number of hydrogen-bond acceptors (Lipinski definition) is 0. The highest BCUT2D eigenvalue weighted by Gasteiger charge is 2.12. The second-order valence-electron chi connectivity index (χ2n) is 5.62. The molecule has 0 amide bonds. The molecule has 0 saturated carbocycles. The zero-order valence-electron chi connectivity index (χ0n) is 12.5. The Balaban J connectivity index is 2.13. The van der Waals surface area contributed by atoms with Crippen LogP contribution in [-0.2, 0) is 0 Å². The Hall–Kier alpha value is -1.82. The summed E-state index contributed by atoms with van der Waals surface area (Å²) >= 11 is 0. The van der Waals surface area contributed by atoms with Gasteiger partial charge >= 0.3 is 0 Å². The van der Waals surface area contributed by atoms with Crippen LogP contribution < -0.4 is 0 Å². The molecule has 20 heavy (non-hydrogen) atoms. The molecule has 0 aromatic heterocycles. The quantitative estimate of drug-likeness (QED) is 0.577. The summed E-state index contributed by atoms with van der Waals surface area (Å²) in [6, 6.07) is 21.7. The van der Waals surface area contributed by atoms with Crippen molar-refractivity contribution in [3.63, 3.8) is 0 Å². The lowest BCUT2D eigenvalue weighted by Gasteiger charge is -2.17. The molecule has 0 atom stereocenters. The molecule has 0 heterocycles. The first-order valence-corrected chi connectivity index (χ1v) is 7.54. The lowest BCUT2D eigenvalue weighted by atomic mass is 9.87. The largest absolute Gasteiger partial charge is 0.0882 e. The third-order valence-electron chi connectivity index (χ3n) is 3.55. The lowest BCUT2D eigenvalue weighted by molar-refractivity contribution is 0.722. The maximum Gasteiger partial charge on any atom is 0.00922 e. The van der Waals surface area contributed by atoms with Crippen LogP contribution in [0.2, 0.25) is 0 Å². The Morgan fingerprint density at radius 3 is 1.75 bits per heavy atom. The summed E-state index contributed by atoms with van der Waals surface area (Å²) in [5.74, 6) is 1.14. The van der Waals surface area contributed by atoms with Gasteiger partial charge in [0.15, 0.2) is 0 Å². The molecule has 0 aliphatic carbocycles. The fourth-order valence-corrected chi connectivity index (χ4v) is 2.53. The van der Waals surface area contributed by atoms with E-state index in [9.17, 15) is 0 Å². The van der Waals surface area contributed by atoms with Crippen molar-refractivity contribution in [2.45, 2.75) is 32.6 Å². The van der Waals surface area contributed by atoms with Gasteiger partial charge in [-0.3, -0.25) is 0 Å². The molecule has 2 aromatic rings. The van der Waals surface area contributed by atoms with Crippen LogP contribution in [0, 0.1) is 5.92 Å². The molecule has 2 aromatic carbocycles. The van der Waals surface area contributed by atoms with Crippen molar-refractivity contribution < 1.29 is 0 Å². The van der Waals surface area contributed by atoms with E-state index in [1.165, 1.54) is 11.1 Å². The summed E-state index contributed by atoms with van der Waals surface area (Å²) in [6.45, 7) is 4.45. The van der Waals surface area contributed by atoms with Crippen molar-refractivity contribution in [2.24, 2.45) is 5.92 Å². The van der Waals surface area contributed by atoms with Gasteiger partial charge in [0.1, 0.15) is 0 Å².